The van der Waals surface area contributed by atoms with Crippen LogP contribution >= 0.6 is 0 Å². The van der Waals surface area contributed by atoms with Crippen LogP contribution in [0.25, 0.3) is 0 Å². The molecule has 1 atom stereocenters. The summed E-state index contributed by atoms with van der Waals surface area (Å²) in [5, 5.41) is 0. The van der Waals surface area contributed by atoms with Crippen LogP contribution in [-0.2, 0) is 21.1 Å². The van der Waals surface area contributed by atoms with E-state index in [0.717, 1.165) is 17.9 Å². The van der Waals surface area contributed by atoms with Crippen LogP contribution < -0.4 is 0 Å². The first-order valence-corrected chi connectivity index (χ1v) is 9.28. The minimum atomic E-state index is -2.97. The van der Waals surface area contributed by atoms with Gasteiger partial charge < -0.3 is 9.32 Å². The summed E-state index contributed by atoms with van der Waals surface area (Å²) in [5.41, 5.74) is 0. The van der Waals surface area contributed by atoms with Crippen LogP contribution in [0.5, 0.6) is 0 Å². The van der Waals surface area contributed by atoms with Crippen molar-refractivity contribution >= 4 is 15.7 Å². The zero-order chi connectivity index (χ0) is 15.5. The smallest absolute Gasteiger partial charge is 0.223 e. The second-order valence-corrected chi connectivity index (χ2v) is 7.89. The molecule has 118 valence electrons. The number of rotatable bonds is 6. The Balaban J connectivity index is 1.95. The lowest BCUT2D eigenvalue weighted by Gasteiger charge is -2.28. The molecule has 2 rings (SSSR count). The Kier molecular flexibility index (Phi) is 5.08. The molecule has 1 saturated heterocycles. The summed E-state index contributed by atoms with van der Waals surface area (Å²) < 4.78 is 28.7. The molecule has 0 N–H and O–H groups in total. The molecule has 0 unspecified atom stereocenters. The average molecular weight is 313 g/mol. The molecule has 0 bridgehead atoms. The molecule has 1 aromatic rings. The number of furan rings is 1. The molecule has 1 fully saturated rings. The highest BCUT2D eigenvalue weighted by molar-refractivity contribution is 7.91. The fourth-order valence-electron chi connectivity index (χ4n) is 2.77. The summed E-state index contributed by atoms with van der Waals surface area (Å²) in [6.07, 6.45) is 2.33. The van der Waals surface area contributed by atoms with Gasteiger partial charge in [-0.25, -0.2) is 8.42 Å². The van der Waals surface area contributed by atoms with Crippen LogP contribution in [0.2, 0.25) is 0 Å². The van der Waals surface area contributed by atoms with Crippen molar-refractivity contribution in [1.29, 1.82) is 0 Å². The summed E-state index contributed by atoms with van der Waals surface area (Å²) in [7, 11) is -2.97. The van der Waals surface area contributed by atoms with Crippen molar-refractivity contribution in [3.63, 3.8) is 0 Å². The van der Waals surface area contributed by atoms with E-state index in [9.17, 15) is 13.2 Å². The summed E-state index contributed by atoms with van der Waals surface area (Å²) in [6, 6.07) is 3.61. The van der Waals surface area contributed by atoms with Gasteiger partial charge in [0.15, 0.2) is 9.84 Å². The quantitative estimate of drug-likeness (QED) is 0.805. The van der Waals surface area contributed by atoms with E-state index in [4.69, 9.17) is 4.42 Å². The van der Waals surface area contributed by atoms with Gasteiger partial charge in [0, 0.05) is 25.4 Å². The maximum Gasteiger partial charge on any atom is 0.223 e. The van der Waals surface area contributed by atoms with Gasteiger partial charge >= 0.3 is 0 Å². The third kappa shape index (κ3) is 4.33. The first-order valence-electron chi connectivity index (χ1n) is 7.46. The molecule has 0 aliphatic carbocycles. The Morgan fingerprint density at radius 2 is 2.19 bits per heavy atom. The Hall–Kier alpha value is -1.30. The maximum atomic E-state index is 12.4. The monoisotopic (exact) mass is 313 g/mol. The fourth-order valence-corrected chi connectivity index (χ4v) is 4.50. The molecule has 0 radical (unpaired) electrons. The largest absolute Gasteiger partial charge is 0.466 e. The van der Waals surface area contributed by atoms with Gasteiger partial charge in [-0.05, 0) is 31.9 Å². The van der Waals surface area contributed by atoms with E-state index >= 15 is 0 Å². The highest BCUT2D eigenvalue weighted by Gasteiger charge is 2.33. The van der Waals surface area contributed by atoms with Crippen molar-refractivity contribution in [2.75, 3.05) is 18.1 Å². The second-order valence-electron chi connectivity index (χ2n) is 5.66. The number of hydrogen-bond acceptors (Lipinski definition) is 4. The molecule has 0 aromatic carbocycles. The van der Waals surface area contributed by atoms with Crippen molar-refractivity contribution in [3.05, 3.63) is 23.7 Å². The average Bonchev–Trinajstić information content (AvgIpc) is 2.99. The van der Waals surface area contributed by atoms with Crippen molar-refractivity contribution in [3.8, 4) is 0 Å². The Labute approximate surface area is 126 Å². The summed E-state index contributed by atoms with van der Waals surface area (Å²) in [6.45, 7) is 4.49. The van der Waals surface area contributed by atoms with Crippen LogP contribution in [0.3, 0.4) is 0 Å². The second kappa shape index (κ2) is 6.64. The van der Waals surface area contributed by atoms with E-state index in [1.54, 1.807) is 4.90 Å². The number of hydrogen-bond donors (Lipinski definition) is 0. The molecular weight excluding hydrogens is 290 g/mol. The fraction of sp³-hybridized carbons (Fsp3) is 0.667. The Bertz CT molecular complexity index is 591. The number of nitrogens with zero attached hydrogens (tertiary/aromatic N) is 1. The van der Waals surface area contributed by atoms with Gasteiger partial charge in [-0.1, -0.05) is 6.92 Å². The lowest BCUT2D eigenvalue weighted by molar-refractivity contribution is -0.133. The van der Waals surface area contributed by atoms with Crippen molar-refractivity contribution < 1.29 is 17.6 Å². The van der Waals surface area contributed by atoms with Crippen LogP contribution in [-0.4, -0.2) is 43.3 Å². The third-order valence-electron chi connectivity index (χ3n) is 3.82. The van der Waals surface area contributed by atoms with Crippen LogP contribution in [0.1, 0.15) is 37.7 Å². The zero-order valence-electron chi connectivity index (χ0n) is 12.7. The molecular formula is C15H23NO4S. The Morgan fingerprint density at radius 3 is 2.71 bits per heavy atom. The van der Waals surface area contributed by atoms with Gasteiger partial charge in [0.1, 0.15) is 11.5 Å². The number of carbonyl (C=O) groups excluding carboxylic acids is 1. The molecule has 1 aliphatic heterocycles. The molecule has 1 aliphatic rings. The minimum absolute atomic E-state index is 0.0213. The summed E-state index contributed by atoms with van der Waals surface area (Å²) in [5.74, 6) is 1.97. The van der Waals surface area contributed by atoms with Gasteiger partial charge in [0.05, 0.1) is 11.5 Å². The minimum Gasteiger partial charge on any atom is -0.466 e. The first kappa shape index (κ1) is 16.1. The van der Waals surface area contributed by atoms with Gasteiger partial charge in [0.25, 0.3) is 0 Å². The van der Waals surface area contributed by atoms with E-state index in [1.807, 2.05) is 26.0 Å². The SMILES string of the molecule is CCCN(C(=O)CCc1ccc(C)o1)[C@@H]1CCS(=O)(=O)C1. The van der Waals surface area contributed by atoms with Crippen LogP contribution in [0, 0.1) is 6.92 Å². The molecule has 0 saturated carbocycles. The molecule has 0 spiro atoms. The predicted molar refractivity (Wildman–Crippen MR) is 80.8 cm³/mol. The van der Waals surface area contributed by atoms with Crippen molar-refractivity contribution in [1.82, 2.24) is 4.90 Å². The van der Waals surface area contributed by atoms with Crippen LogP contribution in [0.15, 0.2) is 16.5 Å². The number of amides is 1. The highest BCUT2D eigenvalue weighted by Crippen LogP contribution is 2.20. The number of carbonyl (C=O) groups is 1. The van der Waals surface area contributed by atoms with Crippen molar-refractivity contribution in [2.24, 2.45) is 0 Å². The van der Waals surface area contributed by atoms with Crippen LogP contribution in [0.4, 0.5) is 0 Å². The topological polar surface area (TPSA) is 67.6 Å². The molecule has 1 amide bonds. The molecule has 6 heteroatoms. The van der Waals surface area contributed by atoms with Gasteiger partial charge in [-0.15, -0.1) is 0 Å². The van der Waals surface area contributed by atoms with E-state index in [1.165, 1.54) is 0 Å². The maximum absolute atomic E-state index is 12.4. The highest BCUT2D eigenvalue weighted by atomic mass is 32.2. The number of aryl methyl sites for hydroxylation is 2. The Morgan fingerprint density at radius 1 is 1.43 bits per heavy atom. The predicted octanol–water partition coefficient (Wildman–Crippen LogP) is 1.95. The lowest BCUT2D eigenvalue weighted by atomic mass is 10.1. The standard InChI is InChI=1S/C15H23NO4S/c1-3-9-16(13-8-10-21(18,19)11-13)15(17)7-6-14-5-4-12(2)20-14/h4-5,13H,3,6-11H2,1-2H3/t13-/m1/s1. The van der Waals surface area contributed by atoms with Gasteiger partial charge in [-0.2, -0.15) is 0 Å². The normalized spacial score (nSPS) is 20.6. The zero-order valence-corrected chi connectivity index (χ0v) is 13.5. The van der Waals surface area contributed by atoms with Gasteiger partial charge in [0.2, 0.25) is 5.91 Å². The van der Waals surface area contributed by atoms with E-state index in [2.05, 4.69) is 0 Å². The third-order valence-corrected chi connectivity index (χ3v) is 5.57. The molecule has 5 nitrogen and oxygen atoms in total. The van der Waals surface area contributed by atoms with E-state index < -0.39 is 9.84 Å². The van der Waals surface area contributed by atoms with Gasteiger partial charge in [-0.3, -0.25) is 4.79 Å². The molecule has 1 aromatic heterocycles. The summed E-state index contributed by atoms with van der Waals surface area (Å²) in [4.78, 5) is 14.2. The summed E-state index contributed by atoms with van der Waals surface area (Å²) >= 11 is 0. The lowest BCUT2D eigenvalue weighted by Crippen LogP contribution is -2.41. The number of sulfone groups is 1. The molecule has 2 heterocycles. The first-order chi connectivity index (χ1) is 9.91. The van der Waals surface area contributed by atoms with Crippen molar-refractivity contribution in [2.45, 2.75) is 45.6 Å². The van der Waals surface area contributed by atoms with E-state index in [0.29, 0.717) is 25.8 Å². The van der Waals surface area contributed by atoms with E-state index in [-0.39, 0.29) is 23.5 Å². The molecule has 21 heavy (non-hydrogen) atoms.